The molecule has 4 nitrogen and oxygen atoms in total. The highest BCUT2D eigenvalue weighted by Crippen LogP contribution is 2.25. The maximum absolute atomic E-state index is 11.6. The molecule has 0 amide bonds. The van der Waals surface area contributed by atoms with Gasteiger partial charge in [-0.05, 0) is 19.1 Å². The number of hydrogen-bond donors (Lipinski definition) is 2. The molecule has 2 aromatic rings. The zero-order valence-corrected chi connectivity index (χ0v) is 8.27. The van der Waals surface area contributed by atoms with Crippen LogP contribution in [0, 0.1) is 0 Å². The fourth-order valence-electron chi connectivity index (χ4n) is 1.69. The van der Waals surface area contributed by atoms with Gasteiger partial charge in [0.1, 0.15) is 0 Å². The molecule has 2 rings (SSSR count). The van der Waals surface area contributed by atoms with Crippen molar-refractivity contribution in [1.29, 1.82) is 0 Å². The van der Waals surface area contributed by atoms with Crippen molar-refractivity contribution in [2.24, 2.45) is 0 Å². The Kier molecular flexibility index (Phi) is 2.11. The zero-order valence-electron chi connectivity index (χ0n) is 8.27. The molecule has 4 heteroatoms. The quantitative estimate of drug-likeness (QED) is 0.740. The van der Waals surface area contributed by atoms with E-state index in [-0.39, 0.29) is 5.88 Å². The molecule has 0 saturated heterocycles. The molecule has 1 aromatic heterocycles. The van der Waals surface area contributed by atoms with Crippen LogP contribution in [0.1, 0.15) is 6.92 Å². The molecular weight excluding hydrogens is 194 g/mol. The van der Waals surface area contributed by atoms with Crippen LogP contribution in [0.2, 0.25) is 0 Å². The summed E-state index contributed by atoms with van der Waals surface area (Å²) in [5.74, 6) is -0.961. The maximum Gasteiger partial charge on any atom is 0.239 e. The van der Waals surface area contributed by atoms with Crippen LogP contribution in [-0.2, 0) is 6.54 Å². The van der Waals surface area contributed by atoms with E-state index in [1.165, 1.54) is 4.57 Å². The van der Waals surface area contributed by atoms with Gasteiger partial charge in [0.2, 0.25) is 17.1 Å². The van der Waals surface area contributed by atoms with E-state index in [0.29, 0.717) is 17.4 Å². The van der Waals surface area contributed by atoms with Gasteiger partial charge in [0.15, 0.2) is 0 Å². The molecule has 1 aromatic carbocycles. The van der Waals surface area contributed by atoms with Gasteiger partial charge in [0.05, 0.1) is 5.52 Å². The second-order valence-electron chi connectivity index (χ2n) is 3.26. The predicted octanol–water partition coefficient (Wildman–Crippen LogP) is 1.43. The fourth-order valence-corrected chi connectivity index (χ4v) is 1.69. The summed E-state index contributed by atoms with van der Waals surface area (Å²) in [6.07, 6.45) is 0. The lowest BCUT2D eigenvalue weighted by atomic mass is 10.2. The van der Waals surface area contributed by atoms with Crippen LogP contribution < -0.4 is 5.43 Å². The molecule has 1 heterocycles. The summed E-state index contributed by atoms with van der Waals surface area (Å²) in [7, 11) is 0. The summed E-state index contributed by atoms with van der Waals surface area (Å²) < 4.78 is 1.49. The number of aromatic nitrogens is 1. The Morgan fingerprint density at radius 3 is 2.60 bits per heavy atom. The van der Waals surface area contributed by atoms with Crippen molar-refractivity contribution < 1.29 is 10.2 Å². The standard InChI is InChI=1S/C11H11NO3/c1-2-12-8-6-4-3-5-7(8)9(13)10(14)11(12)15/h3-6,14-15H,2H2,1H3. The molecule has 0 aliphatic carbocycles. The topological polar surface area (TPSA) is 62.5 Å². The molecule has 0 spiro atoms. The highest BCUT2D eigenvalue weighted by molar-refractivity contribution is 5.81. The Bertz CT molecular complexity index is 572. The number of rotatable bonds is 1. The van der Waals surface area contributed by atoms with Crippen LogP contribution in [0.15, 0.2) is 29.1 Å². The van der Waals surface area contributed by atoms with E-state index in [2.05, 4.69) is 0 Å². The Morgan fingerprint density at radius 1 is 1.27 bits per heavy atom. The predicted molar refractivity (Wildman–Crippen MR) is 57.2 cm³/mol. The van der Waals surface area contributed by atoms with Gasteiger partial charge in [0.25, 0.3) is 0 Å². The highest BCUT2D eigenvalue weighted by Gasteiger charge is 2.13. The van der Waals surface area contributed by atoms with Crippen molar-refractivity contribution >= 4 is 10.9 Å². The van der Waals surface area contributed by atoms with Crippen molar-refractivity contribution in [3.63, 3.8) is 0 Å². The zero-order chi connectivity index (χ0) is 11.0. The van der Waals surface area contributed by atoms with Gasteiger partial charge in [-0.2, -0.15) is 0 Å². The second kappa shape index (κ2) is 3.31. The van der Waals surface area contributed by atoms with E-state index in [1.54, 1.807) is 24.3 Å². The van der Waals surface area contributed by atoms with Gasteiger partial charge in [-0.15, -0.1) is 0 Å². The minimum atomic E-state index is -0.587. The maximum atomic E-state index is 11.6. The normalized spacial score (nSPS) is 10.7. The lowest BCUT2D eigenvalue weighted by molar-refractivity contribution is 0.366. The van der Waals surface area contributed by atoms with Crippen molar-refractivity contribution in [3.8, 4) is 11.6 Å². The molecule has 0 radical (unpaired) electrons. The van der Waals surface area contributed by atoms with Gasteiger partial charge in [-0.25, -0.2) is 0 Å². The van der Waals surface area contributed by atoms with Crippen LogP contribution in [0.25, 0.3) is 10.9 Å². The molecule has 0 fully saturated rings. The van der Waals surface area contributed by atoms with E-state index in [1.807, 2.05) is 6.92 Å². The number of aromatic hydroxyl groups is 2. The summed E-state index contributed by atoms with van der Waals surface area (Å²) in [6.45, 7) is 2.32. The van der Waals surface area contributed by atoms with Gasteiger partial charge in [-0.1, -0.05) is 12.1 Å². The second-order valence-corrected chi connectivity index (χ2v) is 3.26. The Morgan fingerprint density at radius 2 is 1.93 bits per heavy atom. The molecule has 78 valence electrons. The van der Waals surface area contributed by atoms with Crippen molar-refractivity contribution in [1.82, 2.24) is 4.57 Å². The fraction of sp³-hybridized carbons (Fsp3) is 0.182. The third-order valence-electron chi connectivity index (χ3n) is 2.44. The number of hydrogen-bond acceptors (Lipinski definition) is 3. The molecule has 0 atom stereocenters. The number of nitrogens with zero attached hydrogens (tertiary/aromatic N) is 1. The molecule has 0 aliphatic rings. The van der Waals surface area contributed by atoms with E-state index in [0.717, 1.165) is 0 Å². The van der Waals surface area contributed by atoms with Crippen LogP contribution in [0.3, 0.4) is 0 Å². The minimum Gasteiger partial charge on any atom is -0.500 e. The first kappa shape index (κ1) is 9.58. The summed E-state index contributed by atoms with van der Waals surface area (Å²) in [5, 5.41) is 19.4. The lowest BCUT2D eigenvalue weighted by Crippen LogP contribution is -2.09. The Labute approximate surface area is 86.0 Å². The minimum absolute atomic E-state index is 0.374. The Balaban J connectivity index is 3.05. The average molecular weight is 205 g/mol. The largest absolute Gasteiger partial charge is 0.500 e. The molecule has 2 N–H and O–H groups in total. The monoisotopic (exact) mass is 205 g/mol. The first-order chi connectivity index (χ1) is 7.16. The number of fused-ring (bicyclic) bond motifs is 1. The molecule has 0 aliphatic heterocycles. The van der Waals surface area contributed by atoms with Crippen LogP contribution >= 0.6 is 0 Å². The van der Waals surface area contributed by atoms with E-state index in [9.17, 15) is 15.0 Å². The number of aryl methyl sites for hydroxylation is 1. The van der Waals surface area contributed by atoms with Gasteiger partial charge in [-0.3, -0.25) is 4.79 Å². The van der Waals surface area contributed by atoms with Crippen LogP contribution in [0.4, 0.5) is 0 Å². The Hall–Kier alpha value is -1.97. The van der Waals surface area contributed by atoms with Gasteiger partial charge >= 0.3 is 0 Å². The lowest BCUT2D eigenvalue weighted by Gasteiger charge is -2.11. The van der Waals surface area contributed by atoms with Crippen molar-refractivity contribution in [2.75, 3.05) is 0 Å². The summed E-state index contributed by atoms with van der Waals surface area (Å²) >= 11 is 0. The molecular formula is C11H11NO3. The summed E-state index contributed by atoms with van der Waals surface area (Å²) in [4.78, 5) is 11.6. The third kappa shape index (κ3) is 1.26. The average Bonchev–Trinajstić information content (AvgIpc) is 2.27. The SMILES string of the molecule is CCn1c(O)c(O)c(=O)c2ccccc21. The van der Waals surface area contributed by atoms with Gasteiger partial charge in [0, 0.05) is 11.9 Å². The smallest absolute Gasteiger partial charge is 0.239 e. The molecule has 0 unspecified atom stereocenters. The number of pyridine rings is 1. The first-order valence-electron chi connectivity index (χ1n) is 4.70. The van der Waals surface area contributed by atoms with Crippen molar-refractivity contribution in [2.45, 2.75) is 13.5 Å². The first-order valence-corrected chi connectivity index (χ1v) is 4.70. The van der Waals surface area contributed by atoms with Gasteiger partial charge < -0.3 is 14.8 Å². The summed E-state index contributed by atoms with van der Waals surface area (Å²) in [6, 6.07) is 6.87. The number of para-hydroxylation sites is 1. The van der Waals surface area contributed by atoms with Crippen LogP contribution in [0.5, 0.6) is 11.6 Å². The highest BCUT2D eigenvalue weighted by atomic mass is 16.3. The van der Waals surface area contributed by atoms with Crippen molar-refractivity contribution in [3.05, 3.63) is 34.5 Å². The summed E-state index contributed by atoms with van der Waals surface area (Å²) in [5.41, 5.74) is 0.0908. The molecule has 15 heavy (non-hydrogen) atoms. The van der Waals surface area contributed by atoms with E-state index in [4.69, 9.17) is 0 Å². The van der Waals surface area contributed by atoms with E-state index < -0.39 is 11.2 Å². The van der Waals surface area contributed by atoms with Crippen LogP contribution in [-0.4, -0.2) is 14.8 Å². The molecule has 0 bridgehead atoms. The molecule has 0 saturated carbocycles. The van der Waals surface area contributed by atoms with E-state index >= 15 is 0 Å². The number of benzene rings is 1. The third-order valence-corrected chi connectivity index (χ3v) is 2.44.